The Bertz CT molecular complexity index is 590. The number of hydrogen-bond acceptors (Lipinski definition) is 2. The smallest absolute Gasteiger partial charge is 0.127 e. The van der Waals surface area contributed by atoms with Crippen molar-refractivity contribution in [2.45, 2.75) is 51.5 Å². The van der Waals surface area contributed by atoms with E-state index in [0.717, 1.165) is 29.7 Å². The zero-order valence-electron chi connectivity index (χ0n) is 12.2. The standard InChI is InChI=1S/C16H22ClN3/c1-11-5-3-4-6-13(11)10-20-15-7-8-18-9-14(15)19-16(20)12(2)17/h7-9,11-13H,3-6,10H2,1-2H3. The van der Waals surface area contributed by atoms with E-state index in [-0.39, 0.29) is 5.38 Å². The SMILES string of the molecule is CC(Cl)c1nc2cnccc2n1CC1CCCCC1C. The highest BCUT2D eigenvalue weighted by Crippen LogP contribution is 2.33. The molecule has 0 aliphatic heterocycles. The summed E-state index contributed by atoms with van der Waals surface area (Å²) in [5.74, 6) is 2.51. The number of alkyl halides is 1. The van der Waals surface area contributed by atoms with Crippen LogP contribution in [0.25, 0.3) is 11.0 Å². The van der Waals surface area contributed by atoms with Crippen molar-refractivity contribution in [3.05, 3.63) is 24.3 Å². The first-order chi connectivity index (χ1) is 9.66. The van der Waals surface area contributed by atoms with Gasteiger partial charge in [-0.05, 0) is 31.2 Å². The molecule has 20 heavy (non-hydrogen) atoms. The third-order valence-corrected chi connectivity index (χ3v) is 4.84. The Morgan fingerprint density at radius 2 is 2.20 bits per heavy atom. The number of hydrogen-bond donors (Lipinski definition) is 0. The Kier molecular flexibility index (Phi) is 3.97. The van der Waals surface area contributed by atoms with Gasteiger partial charge in [-0.25, -0.2) is 4.98 Å². The van der Waals surface area contributed by atoms with E-state index in [1.807, 2.05) is 19.3 Å². The summed E-state index contributed by atoms with van der Waals surface area (Å²) < 4.78 is 2.32. The van der Waals surface area contributed by atoms with Crippen LogP contribution in [0, 0.1) is 11.8 Å². The molecule has 0 N–H and O–H groups in total. The molecule has 3 atom stereocenters. The van der Waals surface area contributed by atoms with Gasteiger partial charge in [-0.15, -0.1) is 11.6 Å². The molecule has 2 heterocycles. The van der Waals surface area contributed by atoms with Crippen LogP contribution in [0.2, 0.25) is 0 Å². The molecule has 0 spiro atoms. The summed E-state index contributed by atoms with van der Waals surface area (Å²) in [6, 6.07) is 2.05. The summed E-state index contributed by atoms with van der Waals surface area (Å²) in [5.41, 5.74) is 2.12. The van der Waals surface area contributed by atoms with Gasteiger partial charge in [0.1, 0.15) is 11.3 Å². The van der Waals surface area contributed by atoms with Crippen LogP contribution in [-0.2, 0) is 6.54 Å². The molecule has 2 aromatic rings. The molecule has 4 heteroatoms. The molecule has 0 saturated heterocycles. The van der Waals surface area contributed by atoms with Crippen LogP contribution in [0.5, 0.6) is 0 Å². The molecule has 0 aromatic carbocycles. The molecule has 1 fully saturated rings. The van der Waals surface area contributed by atoms with Gasteiger partial charge < -0.3 is 4.57 Å². The molecular weight excluding hydrogens is 270 g/mol. The molecule has 3 rings (SSSR count). The quantitative estimate of drug-likeness (QED) is 0.776. The Morgan fingerprint density at radius 3 is 2.95 bits per heavy atom. The molecular formula is C16H22ClN3. The molecule has 0 bridgehead atoms. The average Bonchev–Trinajstić information content (AvgIpc) is 2.81. The maximum atomic E-state index is 6.33. The molecule has 2 aromatic heterocycles. The third kappa shape index (κ3) is 2.56. The Labute approximate surface area is 125 Å². The monoisotopic (exact) mass is 291 g/mol. The van der Waals surface area contributed by atoms with Gasteiger partial charge in [0.2, 0.25) is 0 Å². The first-order valence-corrected chi connectivity index (χ1v) is 8.04. The van der Waals surface area contributed by atoms with Crippen molar-refractivity contribution in [2.24, 2.45) is 11.8 Å². The largest absolute Gasteiger partial charge is 0.326 e. The highest BCUT2D eigenvalue weighted by atomic mass is 35.5. The number of imidazole rings is 1. The van der Waals surface area contributed by atoms with E-state index < -0.39 is 0 Å². The maximum Gasteiger partial charge on any atom is 0.127 e. The lowest BCUT2D eigenvalue weighted by molar-refractivity contribution is 0.228. The molecule has 0 radical (unpaired) electrons. The highest BCUT2D eigenvalue weighted by Gasteiger charge is 2.24. The van der Waals surface area contributed by atoms with Crippen molar-refractivity contribution in [1.82, 2.24) is 14.5 Å². The summed E-state index contributed by atoms with van der Waals surface area (Å²) in [4.78, 5) is 8.84. The lowest BCUT2D eigenvalue weighted by atomic mass is 9.80. The molecule has 1 saturated carbocycles. The maximum absolute atomic E-state index is 6.33. The fourth-order valence-corrected chi connectivity index (χ4v) is 3.56. The number of nitrogens with zero attached hydrogens (tertiary/aromatic N) is 3. The second-order valence-electron chi connectivity index (χ2n) is 6.08. The van der Waals surface area contributed by atoms with E-state index >= 15 is 0 Å². The van der Waals surface area contributed by atoms with Crippen LogP contribution in [0.3, 0.4) is 0 Å². The van der Waals surface area contributed by atoms with Crippen LogP contribution in [0.15, 0.2) is 18.5 Å². The number of aromatic nitrogens is 3. The predicted octanol–water partition coefficient (Wildman–Crippen LogP) is 4.56. The number of halogens is 1. The minimum atomic E-state index is -0.0682. The summed E-state index contributed by atoms with van der Waals surface area (Å²) in [5, 5.41) is -0.0682. The van der Waals surface area contributed by atoms with Crippen LogP contribution in [0.1, 0.15) is 50.7 Å². The summed E-state index contributed by atoms with van der Waals surface area (Å²) in [7, 11) is 0. The Balaban J connectivity index is 1.98. The van der Waals surface area contributed by atoms with Gasteiger partial charge in [0, 0.05) is 12.7 Å². The minimum Gasteiger partial charge on any atom is -0.326 e. The van der Waals surface area contributed by atoms with Crippen molar-refractivity contribution >= 4 is 22.6 Å². The summed E-state index contributed by atoms with van der Waals surface area (Å²) in [6.45, 7) is 5.42. The third-order valence-electron chi connectivity index (χ3n) is 4.64. The van der Waals surface area contributed by atoms with Gasteiger partial charge in [-0.1, -0.05) is 26.2 Å². The van der Waals surface area contributed by atoms with Crippen molar-refractivity contribution in [3.63, 3.8) is 0 Å². The van der Waals surface area contributed by atoms with E-state index in [1.165, 1.54) is 31.2 Å². The highest BCUT2D eigenvalue weighted by molar-refractivity contribution is 6.20. The topological polar surface area (TPSA) is 30.7 Å². The fraction of sp³-hybridized carbons (Fsp3) is 0.625. The lowest BCUT2D eigenvalue weighted by Crippen LogP contribution is -2.23. The molecule has 0 amide bonds. The van der Waals surface area contributed by atoms with Crippen LogP contribution >= 0.6 is 11.6 Å². The van der Waals surface area contributed by atoms with Crippen molar-refractivity contribution in [1.29, 1.82) is 0 Å². The van der Waals surface area contributed by atoms with Gasteiger partial charge in [0.05, 0.1) is 17.1 Å². The van der Waals surface area contributed by atoms with Crippen LogP contribution < -0.4 is 0 Å². The van der Waals surface area contributed by atoms with Gasteiger partial charge in [-0.3, -0.25) is 4.98 Å². The normalized spacial score (nSPS) is 24.9. The van der Waals surface area contributed by atoms with Crippen LogP contribution in [0.4, 0.5) is 0 Å². The molecule has 108 valence electrons. The summed E-state index contributed by atoms with van der Waals surface area (Å²) in [6.07, 6.45) is 9.08. The van der Waals surface area contributed by atoms with E-state index in [0.29, 0.717) is 0 Å². The van der Waals surface area contributed by atoms with E-state index in [4.69, 9.17) is 11.6 Å². The number of rotatable bonds is 3. The average molecular weight is 292 g/mol. The molecule has 1 aliphatic carbocycles. The number of pyridine rings is 1. The van der Waals surface area contributed by atoms with Gasteiger partial charge in [-0.2, -0.15) is 0 Å². The fourth-order valence-electron chi connectivity index (χ4n) is 3.39. The van der Waals surface area contributed by atoms with Gasteiger partial charge in [0.15, 0.2) is 0 Å². The number of fused-ring (bicyclic) bond motifs is 1. The second-order valence-corrected chi connectivity index (χ2v) is 6.74. The zero-order chi connectivity index (χ0) is 14.1. The first kappa shape index (κ1) is 13.9. The van der Waals surface area contributed by atoms with E-state index in [9.17, 15) is 0 Å². The van der Waals surface area contributed by atoms with E-state index in [2.05, 4.69) is 27.5 Å². The van der Waals surface area contributed by atoms with Crippen LogP contribution in [-0.4, -0.2) is 14.5 Å². The zero-order valence-corrected chi connectivity index (χ0v) is 13.0. The minimum absolute atomic E-state index is 0.0682. The predicted molar refractivity (Wildman–Crippen MR) is 82.9 cm³/mol. The molecule has 3 nitrogen and oxygen atoms in total. The van der Waals surface area contributed by atoms with Gasteiger partial charge in [0.25, 0.3) is 0 Å². The Hall–Kier alpha value is -1.09. The summed E-state index contributed by atoms with van der Waals surface area (Å²) >= 11 is 6.33. The molecule has 3 unspecified atom stereocenters. The first-order valence-electron chi connectivity index (χ1n) is 7.61. The molecule has 1 aliphatic rings. The van der Waals surface area contributed by atoms with Crippen molar-refractivity contribution in [3.8, 4) is 0 Å². The second kappa shape index (κ2) is 5.72. The van der Waals surface area contributed by atoms with Crippen molar-refractivity contribution < 1.29 is 0 Å². The van der Waals surface area contributed by atoms with Gasteiger partial charge >= 0.3 is 0 Å². The van der Waals surface area contributed by atoms with Crippen molar-refractivity contribution in [2.75, 3.05) is 0 Å². The lowest BCUT2D eigenvalue weighted by Gasteiger charge is -2.29. The van der Waals surface area contributed by atoms with E-state index in [1.54, 1.807) is 0 Å². The Morgan fingerprint density at radius 1 is 1.40 bits per heavy atom.